The van der Waals surface area contributed by atoms with Gasteiger partial charge in [0.25, 0.3) is 0 Å². The van der Waals surface area contributed by atoms with E-state index >= 15 is 0 Å². The highest BCUT2D eigenvalue weighted by atomic mass is 16.5. The Morgan fingerprint density at radius 2 is 2.06 bits per heavy atom. The SMILES string of the molecule is CC1=CC(=O)CC(C)(C)C1.CCOC(N)=O. The second-order valence-electron chi connectivity index (χ2n) is 4.73. The molecular weight excluding hydrogens is 206 g/mol. The van der Waals surface area contributed by atoms with Gasteiger partial charge < -0.3 is 10.5 Å². The zero-order chi connectivity index (χ0) is 12.8. The van der Waals surface area contributed by atoms with E-state index in [2.05, 4.69) is 24.3 Å². The number of hydrogen-bond donors (Lipinski definition) is 1. The molecule has 0 atom stereocenters. The molecule has 0 fully saturated rings. The lowest BCUT2D eigenvalue weighted by molar-refractivity contribution is -0.117. The summed E-state index contributed by atoms with van der Waals surface area (Å²) < 4.78 is 4.18. The van der Waals surface area contributed by atoms with Gasteiger partial charge in [0, 0.05) is 6.42 Å². The van der Waals surface area contributed by atoms with Crippen molar-refractivity contribution in [3.8, 4) is 0 Å². The fraction of sp³-hybridized carbons (Fsp3) is 0.667. The van der Waals surface area contributed by atoms with Crippen LogP contribution in [0.4, 0.5) is 4.79 Å². The van der Waals surface area contributed by atoms with Crippen molar-refractivity contribution in [2.75, 3.05) is 6.61 Å². The number of hydrogen-bond acceptors (Lipinski definition) is 3. The summed E-state index contributed by atoms with van der Waals surface area (Å²) >= 11 is 0. The maximum atomic E-state index is 11.0. The first kappa shape index (κ1) is 14.7. The molecule has 1 rings (SSSR count). The highest BCUT2D eigenvalue weighted by molar-refractivity contribution is 5.91. The zero-order valence-electron chi connectivity index (χ0n) is 10.5. The van der Waals surface area contributed by atoms with E-state index in [1.165, 1.54) is 5.57 Å². The van der Waals surface area contributed by atoms with Crippen LogP contribution in [0, 0.1) is 5.41 Å². The average molecular weight is 227 g/mol. The summed E-state index contributed by atoms with van der Waals surface area (Å²) in [6, 6.07) is 0. The third-order valence-electron chi connectivity index (χ3n) is 2.10. The van der Waals surface area contributed by atoms with Gasteiger partial charge in [-0.3, -0.25) is 4.79 Å². The van der Waals surface area contributed by atoms with Crippen LogP contribution < -0.4 is 5.73 Å². The van der Waals surface area contributed by atoms with Gasteiger partial charge in [-0.15, -0.1) is 0 Å². The van der Waals surface area contributed by atoms with Crippen molar-refractivity contribution in [2.24, 2.45) is 11.1 Å². The lowest BCUT2D eigenvalue weighted by Crippen LogP contribution is -2.20. The van der Waals surface area contributed by atoms with E-state index in [4.69, 9.17) is 0 Å². The van der Waals surface area contributed by atoms with E-state index in [9.17, 15) is 9.59 Å². The fourth-order valence-electron chi connectivity index (χ4n) is 1.81. The van der Waals surface area contributed by atoms with E-state index in [-0.39, 0.29) is 11.2 Å². The van der Waals surface area contributed by atoms with Gasteiger partial charge in [0.1, 0.15) is 0 Å². The number of rotatable bonds is 1. The zero-order valence-corrected chi connectivity index (χ0v) is 10.5. The molecule has 92 valence electrons. The Balaban J connectivity index is 0.000000325. The molecule has 16 heavy (non-hydrogen) atoms. The molecule has 0 saturated carbocycles. The first-order valence-electron chi connectivity index (χ1n) is 5.39. The van der Waals surface area contributed by atoms with Crippen molar-refractivity contribution in [1.29, 1.82) is 0 Å². The maximum Gasteiger partial charge on any atom is 0.404 e. The number of ether oxygens (including phenoxy) is 1. The van der Waals surface area contributed by atoms with Crippen LogP contribution in [0.25, 0.3) is 0 Å². The molecular formula is C12H21NO3. The summed E-state index contributed by atoms with van der Waals surface area (Å²) in [7, 11) is 0. The molecule has 0 heterocycles. The monoisotopic (exact) mass is 227 g/mol. The van der Waals surface area contributed by atoms with E-state index in [0.717, 1.165) is 6.42 Å². The summed E-state index contributed by atoms with van der Waals surface area (Å²) in [6.07, 6.45) is 2.84. The van der Waals surface area contributed by atoms with Crippen LogP contribution in [0.1, 0.15) is 40.5 Å². The van der Waals surface area contributed by atoms with Crippen LogP contribution in [-0.2, 0) is 9.53 Å². The Morgan fingerprint density at radius 3 is 2.31 bits per heavy atom. The van der Waals surface area contributed by atoms with Crippen LogP contribution in [-0.4, -0.2) is 18.5 Å². The molecule has 0 spiro atoms. The molecule has 4 heteroatoms. The fourth-order valence-corrected chi connectivity index (χ4v) is 1.81. The smallest absolute Gasteiger partial charge is 0.404 e. The van der Waals surface area contributed by atoms with Crippen LogP contribution in [0.15, 0.2) is 11.6 Å². The van der Waals surface area contributed by atoms with E-state index < -0.39 is 6.09 Å². The van der Waals surface area contributed by atoms with Crippen LogP contribution in [0.3, 0.4) is 0 Å². The van der Waals surface area contributed by atoms with Gasteiger partial charge in [0.15, 0.2) is 5.78 Å². The predicted molar refractivity (Wildman–Crippen MR) is 63.0 cm³/mol. The van der Waals surface area contributed by atoms with Crippen LogP contribution >= 0.6 is 0 Å². The maximum absolute atomic E-state index is 11.0. The lowest BCUT2D eigenvalue weighted by atomic mass is 9.77. The van der Waals surface area contributed by atoms with Crippen LogP contribution in [0.2, 0.25) is 0 Å². The second-order valence-corrected chi connectivity index (χ2v) is 4.73. The van der Waals surface area contributed by atoms with E-state index in [0.29, 0.717) is 13.0 Å². The predicted octanol–water partition coefficient (Wildman–Crippen LogP) is 2.42. The minimum absolute atomic E-state index is 0.204. The largest absolute Gasteiger partial charge is 0.450 e. The molecule has 0 aromatic heterocycles. The van der Waals surface area contributed by atoms with Crippen molar-refractivity contribution in [3.05, 3.63) is 11.6 Å². The molecule has 0 unspecified atom stereocenters. The molecule has 0 aliphatic heterocycles. The van der Waals surface area contributed by atoms with Crippen molar-refractivity contribution in [1.82, 2.24) is 0 Å². The molecule has 0 saturated heterocycles. The number of amides is 1. The van der Waals surface area contributed by atoms with Gasteiger partial charge >= 0.3 is 6.09 Å². The molecule has 2 N–H and O–H groups in total. The van der Waals surface area contributed by atoms with E-state index in [1.807, 2.05) is 6.92 Å². The highest BCUT2D eigenvalue weighted by Crippen LogP contribution is 2.32. The third kappa shape index (κ3) is 7.04. The molecule has 4 nitrogen and oxygen atoms in total. The van der Waals surface area contributed by atoms with Crippen molar-refractivity contribution < 1.29 is 14.3 Å². The first-order chi connectivity index (χ1) is 7.26. The number of nitrogens with two attached hydrogens (primary N) is 1. The molecule has 0 radical (unpaired) electrons. The second kappa shape index (κ2) is 6.30. The first-order valence-corrected chi connectivity index (χ1v) is 5.39. The van der Waals surface area contributed by atoms with E-state index in [1.54, 1.807) is 13.0 Å². The lowest BCUT2D eigenvalue weighted by Gasteiger charge is -2.27. The molecule has 0 aromatic carbocycles. The number of carbonyl (C=O) groups excluding carboxylic acids is 2. The number of ketones is 1. The standard InChI is InChI=1S/C9H14O.C3H7NO2/c1-7-4-8(10)6-9(2,3)5-7;1-2-6-3(4)5/h4H,5-6H2,1-3H3;2H2,1H3,(H2,4,5). The third-order valence-corrected chi connectivity index (χ3v) is 2.10. The van der Waals surface area contributed by atoms with Gasteiger partial charge in [0.05, 0.1) is 6.61 Å². The molecule has 1 aliphatic rings. The summed E-state index contributed by atoms with van der Waals surface area (Å²) in [6.45, 7) is 8.36. The Hall–Kier alpha value is -1.32. The number of allylic oxidation sites excluding steroid dienone is 2. The Kier molecular flexibility index (Phi) is 5.78. The summed E-state index contributed by atoms with van der Waals surface area (Å²) in [4.78, 5) is 20.6. The molecule has 0 bridgehead atoms. The molecule has 1 aliphatic carbocycles. The summed E-state index contributed by atoms with van der Waals surface area (Å²) in [5.74, 6) is 0.286. The van der Waals surface area contributed by atoms with Gasteiger partial charge in [-0.25, -0.2) is 4.79 Å². The number of primary amides is 1. The molecule has 0 aromatic rings. The minimum Gasteiger partial charge on any atom is -0.450 e. The summed E-state index contributed by atoms with van der Waals surface area (Å²) in [5, 5.41) is 0. The van der Waals surface area contributed by atoms with Gasteiger partial charge in [-0.05, 0) is 31.8 Å². The van der Waals surface area contributed by atoms with Crippen molar-refractivity contribution >= 4 is 11.9 Å². The van der Waals surface area contributed by atoms with Gasteiger partial charge in [0.2, 0.25) is 0 Å². The van der Waals surface area contributed by atoms with Gasteiger partial charge in [-0.2, -0.15) is 0 Å². The Morgan fingerprint density at radius 1 is 1.50 bits per heavy atom. The molecule has 1 amide bonds. The van der Waals surface area contributed by atoms with Gasteiger partial charge in [-0.1, -0.05) is 19.4 Å². The topological polar surface area (TPSA) is 69.4 Å². The Labute approximate surface area is 96.8 Å². The summed E-state index contributed by atoms with van der Waals surface area (Å²) in [5.41, 5.74) is 5.97. The van der Waals surface area contributed by atoms with Crippen molar-refractivity contribution in [2.45, 2.75) is 40.5 Å². The number of carbonyl (C=O) groups is 2. The Bertz CT molecular complexity index is 293. The highest BCUT2D eigenvalue weighted by Gasteiger charge is 2.25. The van der Waals surface area contributed by atoms with Crippen LogP contribution in [0.5, 0.6) is 0 Å². The average Bonchev–Trinajstić information content (AvgIpc) is 1.98. The quantitative estimate of drug-likeness (QED) is 0.748. The van der Waals surface area contributed by atoms with Crippen molar-refractivity contribution in [3.63, 3.8) is 0 Å². The minimum atomic E-state index is -0.711. The normalized spacial score (nSPS) is 18.0.